The van der Waals surface area contributed by atoms with Crippen LogP contribution in [0.4, 0.5) is 0 Å². The molecule has 2 aromatic rings. The average molecular weight is 240 g/mol. The highest BCUT2D eigenvalue weighted by Gasteiger charge is 2.17. The van der Waals surface area contributed by atoms with Crippen LogP contribution in [0.15, 0.2) is 30.5 Å². The van der Waals surface area contributed by atoms with Crippen molar-refractivity contribution in [2.24, 2.45) is 0 Å². The predicted octanol–water partition coefficient (Wildman–Crippen LogP) is 1.41. The van der Waals surface area contributed by atoms with Crippen molar-refractivity contribution in [2.45, 2.75) is 6.92 Å². The minimum atomic E-state index is -0.314. The minimum Gasteiger partial charge on any atom is -0.355 e. The molecule has 0 unspecified atom stereocenters. The number of amides is 1. The molecule has 2 rings (SSSR count). The van der Waals surface area contributed by atoms with E-state index in [4.69, 9.17) is 0 Å². The molecule has 5 heteroatoms. The van der Waals surface area contributed by atoms with Gasteiger partial charge in [0.1, 0.15) is 6.07 Å². The van der Waals surface area contributed by atoms with Crippen LogP contribution in [0.1, 0.15) is 21.6 Å². The van der Waals surface area contributed by atoms with E-state index in [0.717, 1.165) is 11.3 Å². The number of hydrogen-bond donors (Lipinski definition) is 1. The Kier molecular flexibility index (Phi) is 3.11. The zero-order valence-electron chi connectivity index (χ0n) is 10.1. The first kappa shape index (κ1) is 11.9. The standard InChI is InChI=1S/C13H12N4O/c1-9-4-3-5-10(6-9)17-12(7-14)11(8-16-17)13(18)15-2/h3-6,8H,1-2H3,(H,15,18). The van der Waals surface area contributed by atoms with Crippen LogP contribution in [-0.2, 0) is 0 Å². The summed E-state index contributed by atoms with van der Waals surface area (Å²) in [6, 6.07) is 9.60. The zero-order valence-corrected chi connectivity index (χ0v) is 10.1. The van der Waals surface area contributed by atoms with Crippen LogP contribution >= 0.6 is 0 Å². The molecule has 0 aliphatic carbocycles. The summed E-state index contributed by atoms with van der Waals surface area (Å²) in [6.45, 7) is 1.96. The lowest BCUT2D eigenvalue weighted by Gasteiger charge is -2.04. The number of nitriles is 1. The number of carbonyl (C=O) groups excluding carboxylic acids is 1. The highest BCUT2D eigenvalue weighted by atomic mass is 16.1. The number of nitrogens with one attached hydrogen (secondary N) is 1. The molecule has 0 saturated carbocycles. The topological polar surface area (TPSA) is 70.7 Å². The zero-order chi connectivity index (χ0) is 13.1. The van der Waals surface area contributed by atoms with E-state index in [2.05, 4.69) is 10.4 Å². The Morgan fingerprint density at radius 2 is 2.28 bits per heavy atom. The summed E-state index contributed by atoms with van der Waals surface area (Å²) in [7, 11) is 1.52. The fraction of sp³-hybridized carbons (Fsp3) is 0.154. The first-order valence-electron chi connectivity index (χ1n) is 5.44. The van der Waals surface area contributed by atoms with Crippen LogP contribution in [0, 0.1) is 18.3 Å². The van der Waals surface area contributed by atoms with Gasteiger partial charge in [0.15, 0.2) is 5.69 Å². The quantitative estimate of drug-likeness (QED) is 0.862. The Labute approximate surface area is 105 Å². The van der Waals surface area contributed by atoms with Crippen molar-refractivity contribution in [3.63, 3.8) is 0 Å². The number of benzene rings is 1. The van der Waals surface area contributed by atoms with Gasteiger partial charge in [0, 0.05) is 7.05 Å². The van der Waals surface area contributed by atoms with Gasteiger partial charge < -0.3 is 5.32 Å². The Balaban J connectivity index is 2.57. The number of aromatic nitrogens is 2. The van der Waals surface area contributed by atoms with Gasteiger partial charge in [-0.15, -0.1) is 0 Å². The Morgan fingerprint density at radius 1 is 1.50 bits per heavy atom. The van der Waals surface area contributed by atoms with Crippen LogP contribution < -0.4 is 5.32 Å². The fourth-order valence-corrected chi connectivity index (χ4v) is 1.71. The molecule has 1 amide bonds. The molecule has 5 nitrogen and oxygen atoms in total. The monoisotopic (exact) mass is 240 g/mol. The molecule has 0 saturated heterocycles. The molecular weight excluding hydrogens is 228 g/mol. The van der Waals surface area contributed by atoms with E-state index in [9.17, 15) is 10.1 Å². The normalized spacial score (nSPS) is 9.83. The van der Waals surface area contributed by atoms with E-state index >= 15 is 0 Å². The maximum Gasteiger partial charge on any atom is 0.255 e. The maximum atomic E-state index is 11.6. The first-order valence-corrected chi connectivity index (χ1v) is 5.44. The van der Waals surface area contributed by atoms with Gasteiger partial charge in [-0.25, -0.2) is 4.68 Å². The van der Waals surface area contributed by atoms with Gasteiger partial charge in [-0.05, 0) is 24.6 Å². The van der Waals surface area contributed by atoms with Crippen LogP contribution in [-0.4, -0.2) is 22.7 Å². The summed E-state index contributed by atoms with van der Waals surface area (Å²) in [5.41, 5.74) is 2.34. The van der Waals surface area contributed by atoms with Crippen molar-refractivity contribution < 1.29 is 4.79 Å². The number of rotatable bonds is 2. The molecule has 1 heterocycles. The maximum absolute atomic E-state index is 11.6. The molecule has 0 aliphatic rings. The van der Waals surface area contributed by atoms with E-state index in [1.54, 1.807) is 0 Å². The molecule has 18 heavy (non-hydrogen) atoms. The molecule has 0 bridgehead atoms. The van der Waals surface area contributed by atoms with E-state index in [1.807, 2.05) is 37.3 Å². The van der Waals surface area contributed by atoms with Crippen LogP contribution in [0.2, 0.25) is 0 Å². The molecule has 0 aliphatic heterocycles. The van der Waals surface area contributed by atoms with Crippen LogP contribution in [0.25, 0.3) is 5.69 Å². The molecule has 90 valence electrons. The van der Waals surface area contributed by atoms with Crippen molar-refractivity contribution >= 4 is 5.91 Å². The second-order valence-corrected chi connectivity index (χ2v) is 3.85. The van der Waals surface area contributed by atoms with Crippen molar-refractivity contribution in [3.05, 3.63) is 47.3 Å². The Morgan fingerprint density at radius 3 is 2.89 bits per heavy atom. The molecule has 0 spiro atoms. The van der Waals surface area contributed by atoms with Crippen molar-refractivity contribution in [1.82, 2.24) is 15.1 Å². The van der Waals surface area contributed by atoms with Gasteiger partial charge >= 0.3 is 0 Å². The molecular formula is C13H12N4O. The fourth-order valence-electron chi connectivity index (χ4n) is 1.71. The lowest BCUT2D eigenvalue weighted by Crippen LogP contribution is -2.18. The third-order valence-electron chi connectivity index (χ3n) is 2.59. The number of hydrogen-bond acceptors (Lipinski definition) is 3. The summed E-state index contributed by atoms with van der Waals surface area (Å²) < 4.78 is 1.47. The number of carbonyl (C=O) groups is 1. The lowest BCUT2D eigenvalue weighted by atomic mass is 10.2. The highest BCUT2D eigenvalue weighted by Crippen LogP contribution is 2.15. The molecule has 1 N–H and O–H groups in total. The molecule has 0 atom stereocenters. The Hall–Kier alpha value is -2.61. The van der Waals surface area contributed by atoms with Crippen LogP contribution in [0.3, 0.4) is 0 Å². The SMILES string of the molecule is CNC(=O)c1cnn(-c2cccc(C)c2)c1C#N. The largest absolute Gasteiger partial charge is 0.355 e. The van der Waals surface area contributed by atoms with E-state index in [-0.39, 0.29) is 17.2 Å². The first-order chi connectivity index (χ1) is 8.67. The third kappa shape index (κ3) is 1.96. The Bertz CT molecular complexity index is 637. The highest BCUT2D eigenvalue weighted by molar-refractivity contribution is 5.95. The second-order valence-electron chi connectivity index (χ2n) is 3.85. The van der Waals surface area contributed by atoms with Gasteiger partial charge in [-0.2, -0.15) is 10.4 Å². The second kappa shape index (κ2) is 4.72. The predicted molar refractivity (Wildman–Crippen MR) is 66.4 cm³/mol. The van der Waals surface area contributed by atoms with Gasteiger partial charge in [0.2, 0.25) is 0 Å². The van der Waals surface area contributed by atoms with Gasteiger partial charge in [0.05, 0.1) is 17.4 Å². The van der Waals surface area contributed by atoms with Crippen LogP contribution in [0.5, 0.6) is 0 Å². The smallest absolute Gasteiger partial charge is 0.255 e. The number of nitrogens with zero attached hydrogens (tertiary/aromatic N) is 3. The summed E-state index contributed by atoms with van der Waals surface area (Å²) in [5, 5.41) is 15.8. The minimum absolute atomic E-state index is 0.236. The van der Waals surface area contributed by atoms with Crippen molar-refractivity contribution in [3.8, 4) is 11.8 Å². The molecule has 0 radical (unpaired) electrons. The van der Waals surface area contributed by atoms with Gasteiger partial charge in [0.25, 0.3) is 5.91 Å². The van der Waals surface area contributed by atoms with Crippen molar-refractivity contribution in [1.29, 1.82) is 5.26 Å². The van der Waals surface area contributed by atoms with Gasteiger partial charge in [-0.1, -0.05) is 12.1 Å². The molecule has 1 aromatic heterocycles. The van der Waals surface area contributed by atoms with E-state index < -0.39 is 0 Å². The van der Waals surface area contributed by atoms with E-state index in [1.165, 1.54) is 17.9 Å². The third-order valence-corrected chi connectivity index (χ3v) is 2.59. The van der Waals surface area contributed by atoms with E-state index in [0.29, 0.717) is 0 Å². The summed E-state index contributed by atoms with van der Waals surface area (Å²) in [6.07, 6.45) is 1.40. The summed E-state index contributed by atoms with van der Waals surface area (Å²) in [4.78, 5) is 11.6. The van der Waals surface area contributed by atoms with Crippen molar-refractivity contribution in [2.75, 3.05) is 7.05 Å². The lowest BCUT2D eigenvalue weighted by molar-refractivity contribution is 0.0963. The number of aryl methyl sites for hydroxylation is 1. The molecule has 0 fully saturated rings. The average Bonchev–Trinajstić information content (AvgIpc) is 2.81. The summed E-state index contributed by atoms with van der Waals surface area (Å²) >= 11 is 0. The van der Waals surface area contributed by atoms with Gasteiger partial charge in [-0.3, -0.25) is 4.79 Å². The molecule has 1 aromatic carbocycles. The summed E-state index contributed by atoms with van der Waals surface area (Å²) in [5.74, 6) is -0.314.